The zero-order chi connectivity index (χ0) is 21.5. The predicted octanol–water partition coefficient (Wildman–Crippen LogP) is 3.99. The van der Waals surface area contributed by atoms with Gasteiger partial charge in [0.25, 0.3) is 5.91 Å². The van der Waals surface area contributed by atoms with Gasteiger partial charge < -0.3 is 14.8 Å². The van der Waals surface area contributed by atoms with Gasteiger partial charge in [0.05, 0.1) is 20.6 Å². The maximum Gasteiger partial charge on any atom is 0.271 e. The van der Waals surface area contributed by atoms with Gasteiger partial charge in [-0.25, -0.2) is 5.43 Å². The Labute approximate surface area is 174 Å². The first-order valence-electron chi connectivity index (χ1n) is 9.34. The second kappa shape index (κ2) is 9.56. The molecule has 30 heavy (non-hydrogen) atoms. The van der Waals surface area contributed by atoms with Gasteiger partial charge in [-0.2, -0.15) is 5.10 Å². The number of carbonyl (C=O) groups is 2. The molecule has 154 valence electrons. The molecule has 0 bridgehead atoms. The number of hydrogen-bond acceptors (Lipinski definition) is 5. The van der Waals surface area contributed by atoms with Gasteiger partial charge in [-0.1, -0.05) is 30.3 Å². The molecule has 0 aliphatic heterocycles. The molecule has 2 N–H and O–H groups in total. The van der Waals surface area contributed by atoms with Crippen LogP contribution in [0.4, 0.5) is 5.69 Å². The van der Waals surface area contributed by atoms with Crippen LogP contribution in [-0.2, 0) is 4.79 Å². The van der Waals surface area contributed by atoms with E-state index >= 15 is 0 Å². The molecule has 3 aromatic carbocycles. The lowest BCUT2D eigenvalue weighted by molar-refractivity contribution is -0.115. The smallest absolute Gasteiger partial charge is 0.271 e. The maximum absolute atomic E-state index is 12.3. The van der Waals surface area contributed by atoms with Crippen molar-refractivity contribution < 1.29 is 19.1 Å². The highest BCUT2D eigenvalue weighted by Crippen LogP contribution is 2.27. The SMILES string of the molecule is COc1ccc(C(=O)NN=C(C)CC(=O)Nc2ccc3ccccc3c2)cc1OC. The molecule has 3 aromatic rings. The molecule has 0 saturated heterocycles. The molecule has 0 unspecified atom stereocenters. The Morgan fingerprint density at radius 2 is 1.63 bits per heavy atom. The number of carbonyl (C=O) groups excluding carboxylic acids is 2. The fourth-order valence-electron chi connectivity index (χ4n) is 2.93. The van der Waals surface area contributed by atoms with Crippen molar-refractivity contribution >= 4 is 34.0 Å². The minimum absolute atomic E-state index is 0.0546. The molecule has 0 saturated carbocycles. The van der Waals surface area contributed by atoms with E-state index in [1.54, 1.807) is 25.1 Å². The maximum atomic E-state index is 12.3. The number of benzene rings is 3. The summed E-state index contributed by atoms with van der Waals surface area (Å²) in [5.74, 6) is 0.344. The van der Waals surface area contributed by atoms with Gasteiger partial charge in [0, 0.05) is 17.0 Å². The molecule has 0 fully saturated rings. The molecule has 0 heterocycles. The predicted molar refractivity (Wildman–Crippen MR) is 117 cm³/mol. The monoisotopic (exact) mass is 405 g/mol. The van der Waals surface area contributed by atoms with Crippen molar-refractivity contribution in [2.45, 2.75) is 13.3 Å². The molecule has 7 heteroatoms. The second-order valence-corrected chi connectivity index (χ2v) is 6.64. The summed E-state index contributed by atoms with van der Waals surface area (Å²) in [7, 11) is 3.02. The van der Waals surface area contributed by atoms with Crippen molar-refractivity contribution in [3.05, 3.63) is 66.2 Å². The summed E-state index contributed by atoms with van der Waals surface area (Å²) in [4.78, 5) is 24.6. The van der Waals surface area contributed by atoms with Crippen LogP contribution in [0.1, 0.15) is 23.7 Å². The van der Waals surface area contributed by atoms with Crippen LogP contribution in [-0.4, -0.2) is 31.7 Å². The van der Waals surface area contributed by atoms with Crippen molar-refractivity contribution in [1.82, 2.24) is 5.43 Å². The number of nitrogens with one attached hydrogen (secondary N) is 2. The number of amides is 2. The van der Waals surface area contributed by atoms with Crippen molar-refractivity contribution in [2.24, 2.45) is 5.10 Å². The fraction of sp³-hybridized carbons (Fsp3) is 0.174. The number of hydrogen-bond donors (Lipinski definition) is 2. The zero-order valence-electron chi connectivity index (χ0n) is 17.1. The molecule has 7 nitrogen and oxygen atoms in total. The van der Waals surface area contributed by atoms with Crippen molar-refractivity contribution in [2.75, 3.05) is 19.5 Å². The third-order valence-corrected chi connectivity index (χ3v) is 4.44. The topological polar surface area (TPSA) is 89.0 Å². The fourth-order valence-corrected chi connectivity index (χ4v) is 2.93. The number of anilines is 1. The van der Waals surface area contributed by atoms with Crippen molar-refractivity contribution in [3.8, 4) is 11.5 Å². The van der Waals surface area contributed by atoms with Crippen LogP contribution in [0.2, 0.25) is 0 Å². The third kappa shape index (κ3) is 5.14. The molecule has 0 aliphatic rings. The van der Waals surface area contributed by atoms with E-state index in [-0.39, 0.29) is 12.3 Å². The average Bonchev–Trinajstić information content (AvgIpc) is 2.76. The van der Waals surface area contributed by atoms with E-state index in [4.69, 9.17) is 9.47 Å². The molecular formula is C23H23N3O4. The van der Waals surface area contributed by atoms with E-state index < -0.39 is 5.91 Å². The number of nitrogens with zero attached hydrogens (tertiary/aromatic N) is 1. The molecule has 3 rings (SSSR count). The van der Waals surface area contributed by atoms with Gasteiger partial charge in [-0.15, -0.1) is 0 Å². The van der Waals surface area contributed by atoms with Crippen molar-refractivity contribution in [3.63, 3.8) is 0 Å². The molecule has 0 radical (unpaired) electrons. The summed E-state index contributed by atoms with van der Waals surface area (Å²) in [6, 6.07) is 18.4. The first-order valence-corrected chi connectivity index (χ1v) is 9.34. The Morgan fingerprint density at radius 1 is 0.900 bits per heavy atom. The molecule has 0 aromatic heterocycles. The van der Waals surface area contributed by atoms with E-state index in [0.717, 1.165) is 10.8 Å². The molecule has 2 amide bonds. The minimum Gasteiger partial charge on any atom is -0.493 e. The lowest BCUT2D eigenvalue weighted by Gasteiger charge is -2.09. The lowest BCUT2D eigenvalue weighted by Crippen LogP contribution is -2.21. The summed E-state index contributed by atoms with van der Waals surface area (Å²) in [5.41, 5.74) is 4.00. The first kappa shape index (κ1) is 20.9. The average molecular weight is 405 g/mol. The van der Waals surface area contributed by atoms with Crippen LogP contribution in [0.25, 0.3) is 10.8 Å². The number of methoxy groups -OCH3 is 2. The van der Waals surface area contributed by atoms with E-state index in [1.165, 1.54) is 14.2 Å². The Hall–Kier alpha value is -3.87. The normalized spacial score (nSPS) is 11.1. The number of fused-ring (bicyclic) bond motifs is 1. The zero-order valence-corrected chi connectivity index (χ0v) is 17.1. The summed E-state index contributed by atoms with van der Waals surface area (Å²) >= 11 is 0. The molecule has 0 atom stereocenters. The van der Waals surface area contributed by atoms with Gasteiger partial charge in [-0.3, -0.25) is 9.59 Å². The van der Waals surface area contributed by atoms with Crippen LogP contribution in [0, 0.1) is 0 Å². The quantitative estimate of drug-likeness (QED) is 0.459. The highest BCUT2D eigenvalue weighted by molar-refractivity contribution is 6.06. The number of rotatable bonds is 7. The summed E-state index contributed by atoms with van der Waals surface area (Å²) in [6.45, 7) is 1.68. The van der Waals surface area contributed by atoms with Crippen molar-refractivity contribution in [1.29, 1.82) is 0 Å². The highest BCUT2D eigenvalue weighted by Gasteiger charge is 2.11. The number of hydrazone groups is 1. The highest BCUT2D eigenvalue weighted by atomic mass is 16.5. The van der Waals surface area contributed by atoms with Gasteiger partial charge >= 0.3 is 0 Å². The van der Waals surface area contributed by atoms with E-state index in [2.05, 4.69) is 15.8 Å². The standard InChI is InChI=1S/C23H23N3O4/c1-15(25-26-23(28)18-9-11-20(29-2)21(14-18)30-3)12-22(27)24-19-10-8-16-6-4-5-7-17(16)13-19/h4-11,13-14H,12H2,1-3H3,(H,24,27)(H,26,28). The Balaban J connectivity index is 1.58. The van der Waals surface area contributed by atoms with Crippen LogP contribution in [0.5, 0.6) is 11.5 Å². The summed E-state index contributed by atoms with van der Waals surface area (Å²) in [5, 5.41) is 9.01. The summed E-state index contributed by atoms with van der Waals surface area (Å²) < 4.78 is 10.4. The van der Waals surface area contributed by atoms with E-state index in [9.17, 15) is 9.59 Å². The lowest BCUT2D eigenvalue weighted by atomic mass is 10.1. The van der Waals surface area contributed by atoms with Crippen LogP contribution >= 0.6 is 0 Å². The number of ether oxygens (including phenoxy) is 2. The Bertz CT molecular complexity index is 1110. The van der Waals surface area contributed by atoms with Crippen LogP contribution < -0.4 is 20.2 Å². The minimum atomic E-state index is -0.412. The van der Waals surface area contributed by atoms with E-state index in [1.807, 2.05) is 42.5 Å². The van der Waals surface area contributed by atoms with Gasteiger partial charge in [0.2, 0.25) is 5.91 Å². The second-order valence-electron chi connectivity index (χ2n) is 6.64. The third-order valence-electron chi connectivity index (χ3n) is 4.44. The van der Waals surface area contributed by atoms with Gasteiger partial charge in [0.15, 0.2) is 11.5 Å². The molecule has 0 aliphatic carbocycles. The Kier molecular flexibility index (Phi) is 6.64. The largest absolute Gasteiger partial charge is 0.493 e. The summed E-state index contributed by atoms with van der Waals surface area (Å²) in [6.07, 6.45) is 0.0546. The van der Waals surface area contributed by atoms with Gasteiger partial charge in [-0.05, 0) is 48.0 Å². The van der Waals surface area contributed by atoms with Crippen LogP contribution in [0.15, 0.2) is 65.8 Å². The van der Waals surface area contributed by atoms with Gasteiger partial charge in [0.1, 0.15) is 0 Å². The first-order chi connectivity index (χ1) is 14.5. The Morgan fingerprint density at radius 3 is 2.37 bits per heavy atom. The van der Waals surface area contributed by atoms with E-state index in [0.29, 0.717) is 28.5 Å². The van der Waals surface area contributed by atoms with Crippen LogP contribution in [0.3, 0.4) is 0 Å². The molecule has 0 spiro atoms. The molecular weight excluding hydrogens is 382 g/mol.